The lowest BCUT2D eigenvalue weighted by molar-refractivity contribution is -0.153. The molecule has 0 heterocycles. The molecule has 2 N–H and O–H groups in total. The van der Waals surface area contributed by atoms with E-state index in [2.05, 4.69) is 92.0 Å². The van der Waals surface area contributed by atoms with Gasteiger partial charge in [-0.2, -0.15) is 0 Å². The topological polar surface area (TPSA) is 111 Å². The van der Waals surface area contributed by atoms with Gasteiger partial charge in [-0.25, -0.2) is 0 Å². The predicted molar refractivity (Wildman–Crippen MR) is 323 cm³/mol. The quantitative estimate of drug-likeness (QED) is 0.0459. The number of nitrogens with one attached hydrogen (secondary N) is 2. The molecule has 8 rings (SSSR count). The molecule has 8 nitrogen and oxygen atoms in total. The highest BCUT2D eigenvalue weighted by Gasteiger charge is 2.61. The molecule has 6 saturated carbocycles. The summed E-state index contributed by atoms with van der Waals surface area (Å²) in [6.45, 7) is 26.3. The molecule has 0 saturated heterocycles. The van der Waals surface area contributed by atoms with Crippen LogP contribution in [0.1, 0.15) is 281 Å². The minimum Gasteiger partial charge on any atom is -0.462 e. The van der Waals surface area contributed by atoms with Gasteiger partial charge in [0.2, 0.25) is 11.8 Å². The maximum Gasteiger partial charge on any atom is 0.306 e. The highest BCUT2D eigenvalue weighted by molar-refractivity contribution is 5.82. The zero-order valence-electron chi connectivity index (χ0n) is 52.4. The van der Waals surface area contributed by atoms with Crippen molar-refractivity contribution in [2.45, 2.75) is 293 Å². The number of unbranched alkanes of at least 4 members (excludes halogenated alkanes) is 6. The Hall–Kier alpha value is -2.64. The molecule has 16 atom stereocenters. The van der Waals surface area contributed by atoms with Crippen LogP contribution in [-0.2, 0) is 28.7 Å². The summed E-state index contributed by atoms with van der Waals surface area (Å²) in [7, 11) is 0. The molecule has 0 aromatic carbocycles. The highest BCUT2D eigenvalue weighted by Crippen LogP contribution is 2.69. The Morgan fingerprint density at radius 3 is 1.25 bits per heavy atom. The molecule has 0 radical (unpaired) electrons. The second kappa shape index (κ2) is 27.8. The minimum absolute atomic E-state index is 0.0657. The van der Waals surface area contributed by atoms with Crippen molar-refractivity contribution < 1.29 is 28.7 Å². The van der Waals surface area contributed by atoms with Crippen LogP contribution in [0.15, 0.2) is 23.3 Å². The minimum atomic E-state index is -0.234. The van der Waals surface area contributed by atoms with Gasteiger partial charge < -0.3 is 20.1 Å². The lowest BCUT2D eigenvalue weighted by atomic mass is 9.47. The zero-order chi connectivity index (χ0) is 56.5. The van der Waals surface area contributed by atoms with Crippen LogP contribution < -0.4 is 10.6 Å². The first-order valence-corrected chi connectivity index (χ1v) is 34.1. The fourth-order valence-electron chi connectivity index (χ4n) is 20.2. The number of hydrogen-bond donors (Lipinski definition) is 2. The zero-order valence-corrected chi connectivity index (χ0v) is 52.4. The molecule has 0 aromatic heterocycles. The van der Waals surface area contributed by atoms with Gasteiger partial charge >= 0.3 is 11.9 Å². The Morgan fingerprint density at radius 1 is 0.468 bits per heavy atom. The summed E-state index contributed by atoms with van der Waals surface area (Å²) in [5, 5.41) is 6.05. The van der Waals surface area contributed by atoms with Gasteiger partial charge in [-0.3, -0.25) is 19.2 Å². The summed E-state index contributed by atoms with van der Waals surface area (Å²) in [5.74, 6) is 9.23. The van der Waals surface area contributed by atoms with Crippen LogP contribution in [0, 0.1) is 92.7 Å². The molecule has 448 valence electrons. The Bertz CT molecular complexity index is 1950. The van der Waals surface area contributed by atoms with Crippen LogP contribution in [0.25, 0.3) is 0 Å². The maximum absolute atomic E-state index is 13.0. The van der Waals surface area contributed by atoms with E-state index in [9.17, 15) is 19.2 Å². The number of carbonyl (C=O) groups is 4. The Kier molecular flexibility index (Phi) is 22.0. The third kappa shape index (κ3) is 14.8. The van der Waals surface area contributed by atoms with Crippen molar-refractivity contribution in [1.82, 2.24) is 10.6 Å². The van der Waals surface area contributed by atoms with Gasteiger partial charge in [0, 0.05) is 38.8 Å². The van der Waals surface area contributed by atoms with Gasteiger partial charge in [0.25, 0.3) is 0 Å². The van der Waals surface area contributed by atoms with Gasteiger partial charge in [-0.15, -0.1) is 0 Å². The summed E-state index contributed by atoms with van der Waals surface area (Å²) in [6, 6.07) is 0. The van der Waals surface area contributed by atoms with E-state index in [-0.39, 0.29) is 72.5 Å². The van der Waals surface area contributed by atoms with Gasteiger partial charge in [0.1, 0.15) is 12.2 Å². The van der Waals surface area contributed by atoms with Crippen LogP contribution >= 0.6 is 0 Å². The first-order valence-electron chi connectivity index (χ1n) is 34.1. The fraction of sp³-hybridized carbons (Fsp3) is 0.887. The summed E-state index contributed by atoms with van der Waals surface area (Å²) in [5.41, 5.74) is 4.54. The normalized spacial score (nSPS) is 36.3. The van der Waals surface area contributed by atoms with E-state index in [4.69, 9.17) is 9.47 Å². The van der Waals surface area contributed by atoms with Crippen LogP contribution in [0.3, 0.4) is 0 Å². The number of amides is 2. The molecule has 0 aliphatic heterocycles. The van der Waals surface area contributed by atoms with E-state index in [1.54, 1.807) is 11.1 Å². The molecule has 8 aliphatic rings. The van der Waals surface area contributed by atoms with Crippen molar-refractivity contribution in [3.05, 3.63) is 23.3 Å². The number of allylic oxidation sites excluding steroid dienone is 2. The van der Waals surface area contributed by atoms with E-state index in [0.717, 1.165) is 154 Å². The molecule has 79 heavy (non-hydrogen) atoms. The molecule has 0 aromatic rings. The Morgan fingerprint density at radius 2 is 0.861 bits per heavy atom. The Labute approximate surface area is 483 Å². The standard InChI is InChI=1S/C71H118N2O6/c1-48(2)20-18-22-50(5)58-28-30-60-56-26-24-52-46-54(36-40-68(52,7)62(56)38-42-70(58,60)9)78-66(76)34-32-64(74)72-44-16-14-12-11-13-15-17-45-73-65(75)33-35-67(77)79-55-37-41-69(8)53(47-55)25-27-57-61-31-29-59(51(6)23-19-21-49(3)4)71(61,10)43-39-63(57)69/h24-25,48-51,54-63H,11-23,26-47H2,1-10H3,(H,72,74)(H,73,75)/t50-,51-,54+,55+,56+,57+,58-,59-,60+,61+,62+,63+,68+,69+,70-,71-/m1/s1. The molecular formula is C71H118N2O6. The van der Waals surface area contributed by atoms with Gasteiger partial charge in [0.05, 0.1) is 12.8 Å². The first kappa shape index (κ1) is 62.4. The molecule has 0 spiro atoms. The number of hydrogen-bond acceptors (Lipinski definition) is 6. The van der Waals surface area contributed by atoms with Crippen LogP contribution in [0.2, 0.25) is 0 Å². The van der Waals surface area contributed by atoms with Gasteiger partial charge in [-0.1, -0.05) is 163 Å². The molecule has 2 amide bonds. The van der Waals surface area contributed by atoms with Crippen molar-refractivity contribution >= 4 is 23.8 Å². The number of ether oxygens (including phenoxy) is 2. The maximum atomic E-state index is 13.0. The van der Waals surface area contributed by atoms with Crippen molar-refractivity contribution in [2.24, 2.45) is 92.7 Å². The SMILES string of the molecule is CC(C)CCC[C@@H](C)[C@H]1CC[C@H]2[C@@H]3CC=C4C[C@@H](OC(=O)CCC(=O)NCCCCCCCCCNC(=O)CCC(=O)O[C@H]5CC[C@@]6(C)C(=CC[C@H]7[C@@H]8CC[C@H]([C@H](C)CCCC(C)C)[C@@]8(C)CC[C@@H]76)C5)CC[C@]4(C)[C@H]3CC[C@]12C. The molecule has 6 fully saturated rings. The van der Waals surface area contributed by atoms with E-state index in [1.165, 1.54) is 103 Å². The van der Waals surface area contributed by atoms with Crippen LogP contribution in [0.4, 0.5) is 0 Å². The molecule has 0 unspecified atom stereocenters. The van der Waals surface area contributed by atoms with E-state index in [0.29, 0.717) is 23.9 Å². The highest BCUT2D eigenvalue weighted by atomic mass is 16.5. The third-order valence-electron chi connectivity index (χ3n) is 24.7. The number of carbonyl (C=O) groups excluding carboxylic acids is 4. The number of fused-ring (bicyclic) bond motifs is 10. The van der Waals surface area contributed by atoms with E-state index < -0.39 is 0 Å². The fourth-order valence-corrected chi connectivity index (χ4v) is 20.2. The van der Waals surface area contributed by atoms with Crippen molar-refractivity contribution in [1.29, 1.82) is 0 Å². The summed E-state index contributed by atoms with van der Waals surface area (Å²) in [6.07, 6.45) is 40.7. The van der Waals surface area contributed by atoms with Crippen molar-refractivity contribution in [3.8, 4) is 0 Å². The van der Waals surface area contributed by atoms with Crippen molar-refractivity contribution in [2.75, 3.05) is 13.1 Å². The summed E-state index contributed by atoms with van der Waals surface area (Å²) >= 11 is 0. The van der Waals surface area contributed by atoms with E-state index >= 15 is 0 Å². The average molecular weight is 1100 g/mol. The predicted octanol–water partition coefficient (Wildman–Crippen LogP) is 17.4. The van der Waals surface area contributed by atoms with E-state index in [1.807, 2.05) is 0 Å². The first-order chi connectivity index (χ1) is 37.7. The van der Waals surface area contributed by atoms with Crippen LogP contribution in [-0.4, -0.2) is 49.1 Å². The third-order valence-corrected chi connectivity index (χ3v) is 24.7. The molecule has 8 heteroatoms. The summed E-state index contributed by atoms with van der Waals surface area (Å²) in [4.78, 5) is 51.3. The number of esters is 2. The van der Waals surface area contributed by atoms with Crippen LogP contribution in [0.5, 0.6) is 0 Å². The molecule has 8 aliphatic carbocycles. The second-order valence-corrected chi connectivity index (χ2v) is 30.5. The lowest BCUT2D eigenvalue weighted by Crippen LogP contribution is -2.51. The van der Waals surface area contributed by atoms with Gasteiger partial charge in [0.15, 0.2) is 0 Å². The van der Waals surface area contributed by atoms with Gasteiger partial charge in [-0.05, 0) is 195 Å². The average Bonchev–Trinajstić information content (AvgIpc) is 4.07. The second-order valence-electron chi connectivity index (χ2n) is 30.5. The smallest absolute Gasteiger partial charge is 0.306 e. The Balaban J connectivity index is 0.618. The summed E-state index contributed by atoms with van der Waals surface area (Å²) < 4.78 is 12.1. The lowest BCUT2D eigenvalue weighted by Gasteiger charge is -2.58. The monoisotopic (exact) mass is 1090 g/mol. The molecule has 0 bridgehead atoms. The number of rotatable bonds is 28. The van der Waals surface area contributed by atoms with Crippen molar-refractivity contribution in [3.63, 3.8) is 0 Å². The largest absolute Gasteiger partial charge is 0.462 e. The molecular weight excluding hydrogens is 977 g/mol.